The van der Waals surface area contributed by atoms with E-state index in [1.54, 1.807) is 0 Å². The molecule has 0 aliphatic carbocycles. The molecule has 0 saturated carbocycles. The van der Waals surface area contributed by atoms with E-state index in [2.05, 4.69) is 10.4 Å². The van der Waals surface area contributed by atoms with Crippen LogP contribution in [0.15, 0.2) is 91.1 Å². The van der Waals surface area contributed by atoms with Crippen LogP contribution in [0.1, 0.15) is 22.8 Å². The first kappa shape index (κ1) is 24.5. The topological polar surface area (TPSA) is 90.3 Å². The predicted molar refractivity (Wildman–Crippen MR) is 132 cm³/mol. The summed E-state index contributed by atoms with van der Waals surface area (Å²) in [7, 11) is 0. The fourth-order valence-corrected chi connectivity index (χ4v) is 3.65. The summed E-state index contributed by atoms with van der Waals surface area (Å²) < 4.78 is 20.2. The van der Waals surface area contributed by atoms with Gasteiger partial charge in [0.15, 0.2) is 12.4 Å². The number of nitrogens with zero attached hydrogens (tertiary/aromatic N) is 2. The van der Waals surface area contributed by atoms with Crippen LogP contribution in [0.2, 0.25) is 0 Å². The number of hydrogen-bond donors (Lipinski definition) is 1. The van der Waals surface area contributed by atoms with Gasteiger partial charge in [0.05, 0.1) is 11.7 Å². The Morgan fingerprint density at radius 3 is 2.22 bits per heavy atom. The zero-order valence-corrected chi connectivity index (χ0v) is 19.6. The molecule has 1 aromatic heterocycles. The second-order valence-corrected chi connectivity index (χ2v) is 8.17. The number of nitrogens with one attached hydrogen (secondary N) is 1. The molecule has 1 heterocycles. The van der Waals surface area contributed by atoms with E-state index >= 15 is 0 Å². The minimum Gasteiger partial charge on any atom is -0.452 e. The number of carbonyl (C=O) groups excluding carboxylic acids is 3. The highest BCUT2D eigenvalue weighted by molar-refractivity contribution is 5.97. The smallest absolute Gasteiger partial charge is 0.342 e. The number of rotatable bonds is 9. The van der Waals surface area contributed by atoms with Gasteiger partial charge in [-0.3, -0.25) is 9.59 Å². The van der Waals surface area contributed by atoms with Crippen molar-refractivity contribution in [2.45, 2.75) is 19.4 Å². The molecule has 3 aromatic carbocycles. The molecular weight excluding hydrogens is 461 g/mol. The molecule has 36 heavy (non-hydrogen) atoms. The average Bonchev–Trinajstić information content (AvgIpc) is 3.34. The van der Waals surface area contributed by atoms with Crippen LogP contribution >= 0.6 is 0 Å². The number of para-hydroxylation sites is 1. The van der Waals surface area contributed by atoms with E-state index in [0.717, 1.165) is 5.56 Å². The third-order valence-corrected chi connectivity index (χ3v) is 5.52. The van der Waals surface area contributed by atoms with Crippen LogP contribution in [-0.4, -0.2) is 40.1 Å². The standard InChI is InChI=1S/C28H24FN3O4/c1-19(33)25(16-20-8-4-2-5-9-20)30-26(34)18-36-28(35)24-17-32(23-10-6-3-7-11-23)31-27(24)21-12-14-22(29)15-13-21/h2-15,17,25H,16,18H2,1H3,(H,30,34)/t25-/m1/s1. The maximum absolute atomic E-state index is 13.5. The van der Waals surface area contributed by atoms with Gasteiger partial charge in [0, 0.05) is 11.8 Å². The molecule has 4 rings (SSSR count). The molecule has 0 saturated heterocycles. The number of Topliss-reactive ketones (excluding diaryl/α,β-unsaturated/α-hetero) is 1. The summed E-state index contributed by atoms with van der Waals surface area (Å²) >= 11 is 0. The second-order valence-electron chi connectivity index (χ2n) is 8.17. The van der Waals surface area contributed by atoms with Crippen LogP contribution in [0.4, 0.5) is 4.39 Å². The summed E-state index contributed by atoms with van der Waals surface area (Å²) in [5.74, 6) is -1.99. The lowest BCUT2D eigenvalue weighted by molar-refractivity contribution is -0.128. The highest BCUT2D eigenvalue weighted by Gasteiger charge is 2.23. The molecule has 7 nitrogen and oxygen atoms in total. The van der Waals surface area contributed by atoms with E-state index in [9.17, 15) is 18.8 Å². The Morgan fingerprint density at radius 1 is 0.944 bits per heavy atom. The number of halogens is 1. The fraction of sp³-hybridized carbons (Fsp3) is 0.143. The quantitative estimate of drug-likeness (QED) is 0.360. The molecule has 0 unspecified atom stereocenters. The van der Waals surface area contributed by atoms with Gasteiger partial charge < -0.3 is 10.1 Å². The monoisotopic (exact) mass is 485 g/mol. The fourth-order valence-electron chi connectivity index (χ4n) is 3.65. The third kappa shape index (κ3) is 6.09. The van der Waals surface area contributed by atoms with Crippen LogP contribution in [0, 0.1) is 5.82 Å². The first-order valence-electron chi connectivity index (χ1n) is 11.3. The Morgan fingerprint density at radius 2 is 1.58 bits per heavy atom. The van der Waals surface area contributed by atoms with Crippen LogP contribution in [0.25, 0.3) is 16.9 Å². The van der Waals surface area contributed by atoms with Gasteiger partial charge in [-0.05, 0) is 55.3 Å². The lowest BCUT2D eigenvalue weighted by Crippen LogP contribution is -2.43. The Hall–Kier alpha value is -4.59. The average molecular weight is 486 g/mol. The molecule has 8 heteroatoms. The van der Waals surface area contributed by atoms with Gasteiger partial charge in [-0.25, -0.2) is 13.9 Å². The number of ketones is 1. The SMILES string of the molecule is CC(=O)[C@@H](Cc1ccccc1)NC(=O)COC(=O)c1cn(-c2ccccc2)nc1-c1ccc(F)cc1. The van der Waals surface area contributed by atoms with Gasteiger partial charge in [-0.15, -0.1) is 0 Å². The van der Waals surface area contributed by atoms with Crippen molar-refractivity contribution in [1.82, 2.24) is 15.1 Å². The zero-order chi connectivity index (χ0) is 25.5. The second kappa shape index (κ2) is 11.2. The van der Waals surface area contributed by atoms with Crippen molar-refractivity contribution in [2.24, 2.45) is 0 Å². The minimum atomic E-state index is -0.769. The van der Waals surface area contributed by atoms with E-state index in [0.29, 0.717) is 17.7 Å². The third-order valence-electron chi connectivity index (χ3n) is 5.52. The molecule has 1 atom stereocenters. The molecule has 0 spiro atoms. The highest BCUT2D eigenvalue weighted by Crippen LogP contribution is 2.25. The summed E-state index contributed by atoms with van der Waals surface area (Å²) in [5.41, 5.74) is 2.53. The van der Waals surface area contributed by atoms with Gasteiger partial charge in [0.2, 0.25) is 0 Å². The minimum absolute atomic E-state index is 0.116. The maximum Gasteiger partial charge on any atom is 0.342 e. The Bertz CT molecular complexity index is 1350. The largest absolute Gasteiger partial charge is 0.452 e. The Labute approximate surface area is 207 Å². The number of carbonyl (C=O) groups is 3. The summed E-state index contributed by atoms with van der Waals surface area (Å²) in [4.78, 5) is 37.5. The van der Waals surface area contributed by atoms with Gasteiger partial charge in [0.25, 0.3) is 5.91 Å². The first-order chi connectivity index (χ1) is 17.4. The molecule has 4 aromatic rings. The molecule has 182 valence electrons. The van der Waals surface area contributed by atoms with Crippen LogP contribution in [0.3, 0.4) is 0 Å². The lowest BCUT2D eigenvalue weighted by Gasteiger charge is -2.16. The molecule has 0 aliphatic heterocycles. The van der Waals surface area contributed by atoms with Crippen LogP contribution < -0.4 is 5.32 Å². The van der Waals surface area contributed by atoms with E-state index in [1.165, 1.54) is 42.1 Å². The molecular formula is C28H24FN3O4. The van der Waals surface area contributed by atoms with Gasteiger partial charge in [-0.1, -0.05) is 48.5 Å². The molecule has 0 fully saturated rings. The van der Waals surface area contributed by atoms with Crippen molar-refractivity contribution < 1.29 is 23.5 Å². The molecule has 1 N–H and O–H groups in total. The zero-order valence-electron chi connectivity index (χ0n) is 19.6. The number of amides is 1. The number of benzene rings is 3. The number of esters is 1. The molecule has 0 radical (unpaired) electrons. The van der Waals surface area contributed by atoms with Crippen molar-refractivity contribution in [2.75, 3.05) is 6.61 Å². The van der Waals surface area contributed by atoms with E-state index in [1.807, 2.05) is 60.7 Å². The maximum atomic E-state index is 13.5. The Balaban J connectivity index is 1.49. The van der Waals surface area contributed by atoms with Gasteiger partial charge in [0.1, 0.15) is 17.1 Å². The van der Waals surface area contributed by atoms with Crippen LogP contribution in [0.5, 0.6) is 0 Å². The van der Waals surface area contributed by atoms with Crippen molar-refractivity contribution >= 4 is 17.7 Å². The number of ether oxygens (including phenoxy) is 1. The summed E-state index contributed by atoms with van der Waals surface area (Å²) in [5, 5.41) is 7.12. The normalized spacial score (nSPS) is 11.5. The van der Waals surface area contributed by atoms with E-state index < -0.39 is 30.3 Å². The lowest BCUT2D eigenvalue weighted by atomic mass is 10.0. The highest BCUT2D eigenvalue weighted by atomic mass is 19.1. The summed E-state index contributed by atoms with van der Waals surface area (Å²) in [6.45, 7) is 0.823. The molecule has 0 aliphatic rings. The van der Waals surface area contributed by atoms with Crippen molar-refractivity contribution in [3.05, 3.63) is 108 Å². The van der Waals surface area contributed by atoms with E-state index in [-0.39, 0.29) is 17.0 Å². The van der Waals surface area contributed by atoms with Gasteiger partial charge >= 0.3 is 5.97 Å². The predicted octanol–water partition coefficient (Wildman–Crippen LogP) is 4.15. The Kier molecular flexibility index (Phi) is 7.65. The summed E-state index contributed by atoms with van der Waals surface area (Å²) in [6, 6.07) is 23.3. The first-order valence-corrected chi connectivity index (χ1v) is 11.3. The summed E-state index contributed by atoms with van der Waals surface area (Å²) in [6.07, 6.45) is 1.83. The molecule has 0 bridgehead atoms. The number of hydrogen-bond acceptors (Lipinski definition) is 5. The van der Waals surface area contributed by atoms with Gasteiger partial charge in [-0.2, -0.15) is 5.10 Å². The van der Waals surface area contributed by atoms with Crippen molar-refractivity contribution in [3.8, 4) is 16.9 Å². The van der Waals surface area contributed by atoms with E-state index in [4.69, 9.17) is 4.74 Å². The number of aromatic nitrogens is 2. The molecule has 1 amide bonds. The van der Waals surface area contributed by atoms with Crippen molar-refractivity contribution in [1.29, 1.82) is 0 Å². The van der Waals surface area contributed by atoms with Crippen LogP contribution in [-0.2, 0) is 20.7 Å². The van der Waals surface area contributed by atoms with Crippen molar-refractivity contribution in [3.63, 3.8) is 0 Å².